The highest BCUT2D eigenvalue weighted by Gasteiger charge is 2.30. The summed E-state index contributed by atoms with van der Waals surface area (Å²) in [5, 5.41) is 2.06. The van der Waals surface area contributed by atoms with Crippen molar-refractivity contribution in [3.63, 3.8) is 0 Å². The van der Waals surface area contributed by atoms with E-state index in [-0.39, 0.29) is 22.4 Å². The molecule has 0 aliphatic rings. The first-order valence-corrected chi connectivity index (χ1v) is 12.2. The van der Waals surface area contributed by atoms with Gasteiger partial charge in [-0.05, 0) is 101 Å². The van der Waals surface area contributed by atoms with Crippen molar-refractivity contribution in [1.29, 1.82) is 0 Å². The van der Waals surface area contributed by atoms with E-state index >= 15 is 0 Å². The topological polar surface area (TPSA) is 36.9 Å². The average molecular weight is 431 g/mol. The first-order valence-electron chi connectivity index (χ1n) is 9.82. The van der Waals surface area contributed by atoms with Crippen LogP contribution in [0, 0.1) is 0 Å². The highest BCUT2D eigenvalue weighted by molar-refractivity contribution is 7.57. The molecule has 28 heavy (non-hydrogen) atoms. The van der Waals surface area contributed by atoms with E-state index in [0.29, 0.717) is 0 Å². The normalized spacial score (nSPS) is 14.2. The molecule has 0 N–H and O–H groups in total. The van der Waals surface area contributed by atoms with Crippen LogP contribution in [-0.4, -0.2) is 22.4 Å². The van der Waals surface area contributed by atoms with Gasteiger partial charge in [-0.15, -0.1) is 0 Å². The SMILES string of the molecule is CC(C)(C)OP(OC(C)(C)C)c1cccc(P(OC(C)(C)C)OC(C)(C)C)c1. The van der Waals surface area contributed by atoms with Gasteiger partial charge in [-0.1, -0.05) is 6.07 Å². The maximum Gasteiger partial charge on any atom is 0.206 e. The Morgan fingerprint density at radius 2 is 0.750 bits per heavy atom. The van der Waals surface area contributed by atoms with Crippen LogP contribution in [-0.2, 0) is 18.1 Å². The molecule has 162 valence electrons. The zero-order valence-electron chi connectivity index (χ0n) is 19.8. The Kier molecular flexibility index (Phi) is 8.69. The highest BCUT2D eigenvalue weighted by Crippen LogP contribution is 2.48. The van der Waals surface area contributed by atoms with E-state index in [2.05, 4.69) is 101 Å². The molecule has 0 spiro atoms. The van der Waals surface area contributed by atoms with Crippen LogP contribution in [0.1, 0.15) is 83.1 Å². The molecule has 0 radical (unpaired) electrons. The molecule has 4 nitrogen and oxygen atoms in total. The third-order valence-electron chi connectivity index (χ3n) is 2.68. The lowest BCUT2D eigenvalue weighted by Gasteiger charge is -2.33. The molecular weight excluding hydrogens is 390 g/mol. The van der Waals surface area contributed by atoms with Crippen LogP contribution < -0.4 is 10.6 Å². The number of hydrogen-bond donors (Lipinski definition) is 0. The van der Waals surface area contributed by atoms with Gasteiger partial charge in [0.2, 0.25) is 16.8 Å². The Labute approximate surface area is 175 Å². The molecule has 0 fully saturated rings. The first-order chi connectivity index (χ1) is 12.3. The molecule has 0 saturated carbocycles. The van der Waals surface area contributed by atoms with Crippen molar-refractivity contribution >= 4 is 27.4 Å². The van der Waals surface area contributed by atoms with Gasteiger partial charge in [0.1, 0.15) is 0 Å². The summed E-state index contributed by atoms with van der Waals surface area (Å²) >= 11 is 0. The Hall–Kier alpha value is -0.0800. The Morgan fingerprint density at radius 3 is 0.964 bits per heavy atom. The van der Waals surface area contributed by atoms with E-state index < -0.39 is 16.8 Å². The largest absolute Gasteiger partial charge is 0.325 e. The van der Waals surface area contributed by atoms with Crippen LogP contribution in [0.3, 0.4) is 0 Å². The fourth-order valence-corrected chi connectivity index (χ4v) is 5.46. The van der Waals surface area contributed by atoms with Crippen molar-refractivity contribution < 1.29 is 18.1 Å². The van der Waals surface area contributed by atoms with Gasteiger partial charge >= 0.3 is 0 Å². The molecule has 1 aromatic carbocycles. The standard InChI is InChI=1S/C22H40O4P2/c1-19(2,3)23-27(24-20(4,5)6)17-14-13-15-18(16-17)28(25-21(7,8)9)26-22(10,11)12/h13-16H,1-12H3. The van der Waals surface area contributed by atoms with Gasteiger partial charge in [-0.2, -0.15) is 0 Å². The van der Waals surface area contributed by atoms with E-state index in [4.69, 9.17) is 18.1 Å². The smallest absolute Gasteiger partial charge is 0.206 e. The lowest BCUT2D eigenvalue weighted by atomic mass is 10.2. The molecule has 0 atom stereocenters. The maximum absolute atomic E-state index is 6.30. The van der Waals surface area contributed by atoms with Gasteiger partial charge in [0.05, 0.1) is 22.4 Å². The van der Waals surface area contributed by atoms with Crippen LogP contribution in [0.5, 0.6) is 0 Å². The third kappa shape index (κ3) is 11.2. The van der Waals surface area contributed by atoms with Crippen molar-refractivity contribution in [3.05, 3.63) is 24.3 Å². The van der Waals surface area contributed by atoms with Gasteiger partial charge in [-0.25, -0.2) is 0 Å². The van der Waals surface area contributed by atoms with Gasteiger partial charge in [-0.3, -0.25) is 0 Å². The van der Waals surface area contributed by atoms with E-state index in [9.17, 15) is 0 Å². The molecule has 0 heterocycles. The summed E-state index contributed by atoms with van der Waals surface area (Å²) in [5.41, 5.74) is -1.22. The molecule has 0 unspecified atom stereocenters. The van der Waals surface area contributed by atoms with Gasteiger partial charge in [0, 0.05) is 10.6 Å². The minimum Gasteiger partial charge on any atom is -0.325 e. The summed E-state index contributed by atoms with van der Waals surface area (Å²) in [7, 11) is -2.48. The lowest BCUT2D eigenvalue weighted by Crippen LogP contribution is -2.28. The molecule has 0 aromatic heterocycles. The summed E-state index contributed by atoms with van der Waals surface area (Å²) in [6.07, 6.45) is 0. The summed E-state index contributed by atoms with van der Waals surface area (Å²) < 4.78 is 25.2. The minimum absolute atomic E-state index is 0.304. The minimum atomic E-state index is -1.24. The zero-order chi connectivity index (χ0) is 22.0. The van der Waals surface area contributed by atoms with Crippen molar-refractivity contribution in [2.45, 2.75) is 105 Å². The fourth-order valence-electron chi connectivity index (χ4n) is 1.96. The Bertz CT molecular complexity index is 536. The van der Waals surface area contributed by atoms with Crippen LogP contribution in [0.15, 0.2) is 24.3 Å². The average Bonchev–Trinajstić information content (AvgIpc) is 2.40. The molecule has 6 heteroatoms. The van der Waals surface area contributed by atoms with Gasteiger partial charge in [0.15, 0.2) is 0 Å². The van der Waals surface area contributed by atoms with E-state index in [0.717, 1.165) is 10.6 Å². The van der Waals surface area contributed by atoms with Crippen molar-refractivity contribution in [1.82, 2.24) is 0 Å². The third-order valence-corrected chi connectivity index (χ3v) is 6.93. The molecule has 0 aliphatic heterocycles. The summed E-state index contributed by atoms with van der Waals surface area (Å²) in [4.78, 5) is 0. The first kappa shape index (κ1) is 26.0. The van der Waals surface area contributed by atoms with Crippen molar-refractivity contribution in [2.75, 3.05) is 0 Å². The Balaban J connectivity index is 3.28. The molecule has 0 aliphatic carbocycles. The summed E-state index contributed by atoms with van der Waals surface area (Å²) in [6.45, 7) is 24.6. The van der Waals surface area contributed by atoms with Crippen LogP contribution in [0.25, 0.3) is 0 Å². The monoisotopic (exact) mass is 430 g/mol. The van der Waals surface area contributed by atoms with Crippen molar-refractivity contribution in [2.24, 2.45) is 0 Å². The van der Waals surface area contributed by atoms with E-state index in [1.807, 2.05) is 6.07 Å². The predicted molar refractivity (Wildman–Crippen MR) is 123 cm³/mol. The quantitative estimate of drug-likeness (QED) is 0.464. The van der Waals surface area contributed by atoms with Crippen LogP contribution in [0.4, 0.5) is 0 Å². The second kappa shape index (κ2) is 9.38. The Morgan fingerprint density at radius 1 is 0.500 bits per heavy atom. The summed E-state index contributed by atoms with van der Waals surface area (Å²) in [5.74, 6) is 0. The number of benzene rings is 1. The predicted octanol–water partition coefficient (Wildman–Crippen LogP) is 6.82. The molecule has 1 aromatic rings. The lowest BCUT2D eigenvalue weighted by molar-refractivity contribution is 0.0769. The number of rotatable bonds is 6. The molecule has 0 amide bonds. The van der Waals surface area contributed by atoms with E-state index in [1.54, 1.807) is 0 Å². The van der Waals surface area contributed by atoms with Gasteiger partial charge in [0.25, 0.3) is 0 Å². The van der Waals surface area contributed by atoms with Gasteiger partial charge < -0.3 is 18.1 Å². The fraction of sp³-hybridized carbons (Fsp3) is 0.727. The molecule has 1 rings (SSSR count). The molecule has 0 bridgehead atoms. The second-order valence-corrected chi connectivity index (χ2v) is 13.6. The molecule has 0 saturated heterocycles. The van der Waals surface area contributed by atoms with E-state index in [1.165, 1.54) is 0 Å². The molecular formula is C22H40O4P2. The van der Waals surface area contributed by atoms with Crippen molar-refractivity contribution in [3.8, 4) is 0 Å². The zero-order valence-corrected chi connectivity index (χ0v) is 21.6. The second-order valence-electron chi connectivity index (χ2n) is 10.8. The van der Waals surface area contributed by atoms with Crippen LogP contribution in [0.2, 0.25) is 0 Å². The summed E-state index contributed by atoms with van der Waals surface area (Å²) in [6, 6.07) is 8.28. The number of hydrogen-bond acceptors (Lipinski definition) is 4. The maximum atomic E-state index is 6.30. The highest BCUT2D eigenvalue weighted by atomic mass is 31.2. The van der Waals surface area contributed by atoms with Crippen LogP contribution >= 0.6 is 16.8 Å².